The second kappa shape index (κ2) is 12.8. The van der Waals surface area contributed by atoms with E-state index in [1.165, 1.54) is 11.1 Å². The number of likely N-dealkylation sites (N-methyl/N-ethyl adjacent to an activating group) is 1. The number of guanidine groups is 1. The monoisotopic (exact) mass is 437 g/mol. The van der Waals surface area contributed by atoms with Gasteiger partial charge in [-0.1, -0.05) is 54.6 Å². The largest absolute Gasteiger partial charge is 0.379 e. The van der Waals surface area contributed by atoms with Crippen LogP contribution in [-0.4, -0.2) is 68.1 Å². The molecular formula is C25H35N5O2. The number of hydrogen-bond donors (Lipinski definition) is 2. The molecule has 3 rings (SSSR count). The van der Waals surface area contributed by atoms with Gasteiger partial charge in [0.25, 0.3) is 0 Å². The minimum Gasteiger partial charge on any atom is -0.379 e. The Balaban J connectivity index is 1.50. The fourth-order valence-corrected chi connectivity index (χ4v) is 3.74. The van der Waals surface area contributed by atoms with Gasteiger partial charge in [0, 0.05) is 46.3 Å². The maximum Gasteiger partial charge on any atom is 0.242 e. The molecule has 7 nitrogen and oxygen atoms in total. The Kier molecular flexibility index (Phi) is 9.53. The van der Waals surface area contributed by atoms with Crippen LogP contribution in [0.1, 0.15) is 23.6 Å². The lowest BCUT2D eigenvalue weighted by molar-refractivity contribution is -0.130. The first-order valence-electron chi connectivity index (χ1n) is 11.3. The zero-order valence-corrected chi connectivity index (χ0v) is 19.2. The molecule has 0 radical (unpaired) electrons. The molecule has 1 fully saturated rings. The van der Waals surface area contributed by atoms with Crippen LogP contribution in [0, 0.1) is 0 Å². The molecule has 0 aliphatic carbocycles. The van der Waals surface area contributed by atoms with E-state index in [9.17, 15) is 4.79 Å². The van der Waals surface area contributed by atoms with E-state index in [2.05, 4.69) is 44.8 Å². The Labute approximate surface area is 191 Å². The fraction of sp³-hybridized carbons (Fsp3) is 0.440. The molecule has 0 saturated carbocycles. The van der Waals surface area contributed by atoms with Gasteiger partial charge in [-0.2, -0.15) is 0 Å². The lowest BCUT2D eigenvalue weighted by atomic mass is 10.1. The molecule has 7 heteroatoms. The second-order valence-corrected chi connectivity index (χ2v) is 7.83. The minimum absolute atomic E-state index is 0.0482. The maximum absolute atomic E-state index is 12.7. The van der Waals surface area contributed by atoms with Gasteiger partial charge in [-0.05, 0) is 23.6 Å². The van der Waals surface area contributed by atoms with Crippen molar-refractivity contribution in [2.45, 2.75) is 26.6 Å². The van der Waals surface area contributed by atoms with E-state index in [-0.39, 0.29) is 12.5 Å². The Morgan fingerprint density at radius 1 is 1.03 bits per heavy atom. The van der Waals surface area contributed by atoms with Crippen molar-refractivity contribution in [1.29, 1.82) is 0 Å². The zero-order valence-electron chi connectivity index (χ0n) is 19.2. The Bertz CT molecular complexity index is 866. The van der Waals surface area contributed by atoms with Gasteiger partial charge in [-0.25, -0.2) is 0 Å². The molecule has 32 heavy (non-hydrogen) atoms. The van der Waals surface area contributed by atoms with E-state index < -0.39 is 0 Å². The highest BCUT2D eigenvalue weighted by molar-refractivity contribution is 5.86. The first-order valence-corrected chi connectivity index (χ1v) is 11.3. The van der Waals surface area contributed by atoms with Gasteiger partial charge < -0.3 is 20.3 Å². The smallest absolute Gasteiger partial charge is 0.242 e. The molecule has 1 amide bonds. The quantitative estimate of drug-likeness (QED) is 0.465. The van der Waals surface area contributed by atoms with Crippen LogP contribution < -0.4 is 10.6 Å². The molecule has 0 unspecified atom stereocenters. The fourth-order valence-electron chi connectivity index (χ4n) is 3.74. The van der Waals surface area contributed by atoms with Gasteiger partial charge in [0.15, 0.2) is 5.96 Å². The molecule has 2 aromatic rings. The first-order chi connectivity index (χ1) is 15.7. The van der Waals surface area contributed by atoms with E-state index in [4.69, 9.17) is 4.74 Å². The number of carbonyl (C=O) groups excluding carboxylic acids is 1. The van der Waals surface area contributed by atoms with Crippen LogP contribution in [-0.2, 0) is 29.2 Å². The molecule has 0 aromatic heterocycles. The Morgan fingerprint density at radius 3 is 2.41 bits per heavy atom. The molecule has 2 aromatic carbocycles. The number of aliphatic imine (C=N–C) groups is 1. The lowest BCUT2D eigenvalue weighted by Crippen LogP contribution is -2.44. The highest BCUT2D eigenvalue weighted by atomic mass is 16.5. The number of ether oxygens (including phenoxy) is 1. The second-order valence-electron chi connectivity index (χ2n) is 7.83. The molecule has 172 valence electrons. The summed E-state index contributed by atoms with van der Waals surface area (Å²) in [6.45, 7) is 8.55. The molecule has 0 atom stereocenters. The van der Waals surface area contributed by atoms with E-state index in [0.29, 0.717) is 25.6 Å². The van der Waals surface area contributed by atoms with Crippen LogP contribution in [0.2, 0.25) is 0 Å². The standard InChI is InChI=1S/C25H35N5O2/c1-3-30(19-21-9-5-4-6-10-21)24(31)18-28-25(26-2)27-17-22-11-7-8-12-23(22)20-29-13-15-32-16-14-29/h4-12H,3,13-20H2,1-2H3,(H2,26,27,28). The lowest BCUT2D eigenvalue weighted by Gasteiger charge is -2.27. The van der Waals surface area contributed by atoms with Gasteiger partial charge in [-0.3, -0.25) is 14.7 Å². The molecule has 1 aliphatic heterocycles. The van der Waals surface area contributed by atoms with Crippen molar-refractivity contribution in [1.82, 2.24) is 20.4 Å². The summed E-state index contributed by atoms with van der Waals surface area (Å²) in [4.78, 5) is 21.3. The highest BCUT2D eigenvalue weighted by Crippen LogP contribution is 2.13. The van der Waals surface area contributed by atoms with Crippen LogP contribution in [0.15, 0.2) is 59.6 Å². The molecule has 2 N–H and O–H groups in total. The summed E-state index contributed by atoms with van der Waals surface area (Å²) in [5, 5.41) is 6.51. The molecule has 0 spiro atoms. The molecule has 0 bridgehead atoms. The van der Waals surface area contributed by atoms with Gasteiger partial charge in [0.05, 0.1) is 19.8 Å². The summed E-state index contributed by atoms with van der Waals surface area (Å²) in [5.41, 5.74) is 3.66. The average Bonchev–Trinajstić information content (AvgIpc) is 2.84. The number of benzene rings is 2. The van der Waals surface area contributed by atoms with E-state index >= 15 is 0 Å². The van der Waals surface area contributed by atoms with E-state index in [1.54, 1.807) is 7.05 Å². The third kappa shape index (κ3) is 7.35. The van der Waals surface area contributed by atoms with Crippen LogP contribution in [0.3, 0.4) is 0 Å². The number of carbonyl (C=O) groups is 1. The van der Waals surface area contributed by atoms with Crippen LogP contribution >= 0.6 is 0 Å². The van der Waals surface area contributed by atoms with Crippen molar-refractivity contribution in [3.8, 4) is 0 Å². The first kappa shape index (κ1) is 23.8. The maximum atomic E-state index is 12.7. The third-order valence-corrected chi connectivity index (χ3v) is 5.64. The summed E-state index contributed by atoms with van der Waals surface area (Å²) in [6.07, 6.45) is 0. The molecular weight excluding hydrogens is 402 g/mol. The Morgan fingerprint density at radius 2 is 1.72 bits per heavy atom. The summed E-state index contributed by atoms with van der Waals surface area (Å²) < 4.78 is 5.46. The van der Waals surface area contributed by atoms with Crippen LogP contribution in [0.5, 0.6) is 0 Å². The van der Waals surface area contributed by atoms with Crippen LogP contribution in [0.25, 0.3) is 0 Å². The van der Waals surface area contributed by atoms with Gasteiger partial charge in [0.1, 0.15) is 0 Å². The predicted molar refractivity (Wildman–Crippen MR) is 128 cm³/mol. The topological polar surface area (TPSA) is 69.2 Å². The van der Waals surface area contributed by atoms with Crippen molar-refractivity contribution in [2.24, 2.45) is 4.99 Å². The van der Waals surface area contributed by atoms with Crippen molar-refractivity contribution < 1.29 is 9.53 Å². The molecule has 1 heterocycles. The minimum atomic E-state index is 0.0482. The normalized spacial score (nSPS) is 14.8. The van der Waals surface area contributed by atoms with Gasteiger partial charge in [0.2, 0.25) is 5.91 Å². The number of nitrogens with one attached hydrogen (secondary N) is 2. The zero-order chi connectivity index (χ0) is 22.6. The Hall–Kier alpha value is -2.90. The predicted octanol–water partition coefficient (Wildman–Crippen LogP) is 2.23. The number of nitrogens with zero attached hydrogens (tertiary/aromatic N) is 3. The van der Waals surface area contributed by atoms with Crippen molar-refractivity contribution in [3.63, 3.8) is 0 Å². The summed E-state index contributed by atoms with van der Waals surface area (Å²) >= 11 is 0. The highest BCUT2D eigenvalue weighted by Gasteiger charge is 2.14. The molecule has 1 aliphatic rings. The van der Waals surface area contributed by atoms with Crippen molar-refractivity contribution in [2.75, 3.05) is 46.4 Å². The number of morpholine rings is 1. The van der Waals surface area contributed by atoms with Crippen LogP contribution in [0.4, 0.5) is 0 Å². The van der Waals surface area contributed by atoms with Crippen molar-refractivity contribution >= 4 is 11.9 Å². The number of hydrogen-bond acceptors (Lipinski definition) is 4. The molecule has 1 saturated heterocycles. The number of rotatable bonds is 9. The van der Waals surface area contributed by atoms with Gasteiger partial charge >= 0.3 is 0 Å². The van der Waals surface area contributed by atoms with E-state index in [0.717, 1.165) is 38.4 Å². The summed E-state index contributed by atoms with van der Waals surface area (Å²) in [5.74, 6) is 0.669. The SMILES string of the molecule is CCN(Cc1ccccc1)C(=O)CNC(=NC)NCc1ccccc1CN1CCOCC1. The number of amides is 1. The summed E-state index contributed by atoms with van der Waals surface area (Å²) in [7, 11) is 1.72. The van der Waals surface area contributed by atoms with E-state index in [1.807, 2.05) is 42.2 Å². The summed E-state index contributed by atoms with van der Waals surface area (Å²) in [6, 6.07) is 18.5. The third-order valence-electron chi connectivity index (χ3n) is 5.64. The van der Waals surface area contributed by atoms with Gasteiger partial charge in [-0.15, -0.1) is 0 Å². The average molecular weight is 438 g/mol. The van der Waals surface area contributed by atoms with Crippen molar-refractivity contribution in [3.05, 3.63) is 71.3 Å².